The maximum absolute atomic E-state index is 13.1. The molecule has 8 heteroatoms. The van der Waals surface area contributed by atoms with Gasteiger partial charge in [0.25, 0.3) is 0 Å². The molecule has 0 amide bonds. The average molecular weight is 403 g/mol. The number of nitrogens with zero attached hydrogens (tertiary/aromatic N) is 1. The number of aliphatic imine (C=N–C) groups is 1. The summed E-state index contributed by atoms with van der Waals surface area (Å²) in [6.45, 7) is 0. The molecule has 0 spiro atoms. The number of hydrogen-bond acceptors (Lipinski definition) is 2. The van der Waals surface area contributed by atoms with Gasteiger partial charge in [0.15, 0.2) is 5.78 Å². The summed E-state index contributed by atoms with van der Waals surface area (Å²) < 4.78 is 78.5. The van der Waals surface area contributed by atoms with Crippen molar-refractivity contribution in [2.24, 2.45) is 28.7 Å². The SMILES string of the molecule is O=C1C(=Nc2cc(C(F)(F)F)cc(C(F)(F)F)c2)C2CCCC3CCCC1C32. The molecular formula is C20H19F6NO. The predicted octanol–water partition coefficient (Wildman–Crippen LogP) is 6.21. The summed E-state index contributed by atoms with van der Waals surface area (Å²) in [7, 11) is 0. The second-order valence-electron chi connectivity index (χ2n) is 8.04. The summed E-state index contributed by atoms with van der Waals surface area (Å²) in [6.07, 6.45) is -4.53. The van der Waals surface area contributed by atoms with E-state index in [0.29, 0.717) is 24.5 Å². The van der Waals surface area contributed by atoms with Crippen LogP contribution >= 0.6 is 0 Å². The number of ketones is 1. The number of Topliss-reactive ketones (excluding diaryl/α,β-unsaturated/α-hetero) is 1. The minimum Gasteiger partial charge on any atom is -0.292 e. The highest BCUT2D eigenvalue weighted by molar-refractivity contribution is 6.44. The first kappa shape index (κ1) is 19.5. The van der Waals surface area contributed by atoms with Crippen LogP contribution in [0.25, 0.3) is 0 Å². The molecule has 1 aromatic carbocycles. The van der Waals surface area contributed by atoms with Crippen molar-refractivity contribution >= 4 is 17.2 Å². The van der Waals surface area contributed by atoms with Gasteiger partial charge in [-0.25, -0.2) is 4.99 Å². The van der Waals surface area contributed by atoms with Crippen molar-refractivity contribution in [3.63, 3.8) is 0 Å². The average Bonchev–Trinajstić information content (AvgIpc) is 2.88. The Kier molecular flexibility index (Phi) is 4.58. The molecule has 28 heavy (non-hydrogen) atoms. The molecule has 2 nitrogen and oxygen atoms in total. The second-order valence-corrected chi connectivity index (χ2v) is 8.04. The highest BCUT2D eigenvalue weighted by Gasteiger charge is 2.53. The summed E-state index contributed by atoms with van der Waals surface area (Å²) in [4.78, 5) is 17.0. The van der Waals surface area contributed by atoms with Gasteiger partial charge in [0, 0.05) is 11.8 Å². The lowest BCUT2D eigenvalue weighted by molar-refractivity contribution is -0.143. The molecule has 4 unspecified atom stereocenters. The van der Waals surface area contributed by atoms with E-state index in [2.05, 4.69) is 4.99 Å². The number of halogens is 6. The first-order valence-electron chi connectivity index (χ1n) is 9.48. The zero-order valence-electron chi connectivity index (χ0n) is 14.9. The predicted molar refractivity (Wildman–Crippen MR) is 90.2 cm³/mol. The smallest absolute Gasteiger partial charge is 0.292 e. The van der Waals surface area contributed by atoms with E-state index in [9.17, 15) is 31.1 Å². The molecule has 0 radical (unpaired) electrons. The largest absolute Gasteiger partial charge is 0.416 e. The Morgan fingerprint density at radius 3 is 1.86 bits per heavy atom. The Hall–Kier alpha value is -1.86. The maximum atomic E-state index is 13.1. The highest BCUT2D eigenvalue weighted by Crippen LogP contribution is 2.52. The van der Waals surface area contributed by atoms with Gasteiger partial charge in [-0.1, -0.05) is 25.7 Å². The van der Waals surface area contributed by atoms with Crippen LogP contribution < -0.4 is 0 Å². The zero-order valence-corrected chi connectivity index (χ0v) is 14.9. The van der Waals surface area contributed by atoms with Gasteiger partial charge in [0.2, 0.25) is 0 Å². The number of carbonyl (C=O) groups is 1. The topological polar surface area (TPSA) is 29.4 Å². The first-order valence-corrected chi connectivity index (χ1v) is 9.48. The standard InChI is InChI=1S/C20H19F6NO/c21-19(22,23)11-7-12(20(24,25)26)9-13(8-11)27-17-14-5-1-3-10-4-2-6-15(16(10)14)18(17)28/h7-10,14-16H,1-6H2. The molecule has 3 aliphatic rings. The highest BCUT2D eigenvalue weighted by atomic mass is 19.4. The molecule has 0 heterocycles. The van der Waals surface area contributed by atoms with E-state index >= 15 is 0 Å². The van der Waals surface area contributed by atoms with Crippen LogP contribution in [0.1, 0.15) is 49.7 Å². The van der Waals surface area contributed by atoms with Crippen LogP contribution in [0.3, 0.4) is 0 Å². The molecule has 152 valence electrons. The lowest BCUT2D eigenvalue weighted by atomic mass is 9.65. The molecule has 3 saturated carbocycles. The van der Waals surface area contributed by atoms with Gasteiger partial charge < -0.3 is 0 Å². The lowest BCUT2D eigenvalue weighted by Crippen LogP contribution is -2.33. The first-order chi connectivity index (χ1) is 13.1. The van der Waals surface area contributed by atoms with Crippen LogP contribution in [0, 0.1) is 23.7 Å². The van der Waals surface area contributed by atoms with Crippen molar-refractivity contribution in [3.8, 4) is 0 Å². The van der Waals surface area contributed by atoms with Crippen LogP contribution in [0.2, 0.25) is 0 Å². The van der Waals surface area contributed by atoms with Gasteiger partial charge >= 0.3 is 12.4 Å². The molecule has 0 saturated heterocycles. The van der Waals surface area contributed by atoms with Crippen LogP contribution in [0.15, 0.2) is 23.2 Å². The summed E-state index contributed by atoms with van der Waals surface area (Å²) in [5, 5.41) is 0. The van der Waals surface area contributed by atoms with E-state index in [4.69, 9.17) is 0 Å². The summed E-state index contributed by atoms with van der Waals surface area (Å²) >= 11 is 0. The van der Waals surface area contributed by atoms with Crippen molar-refractivity contribution in [2.75, 3.05) is 0 Å². The summed E-state index contributed by atoms with van der Waals surface area (Å²) in [6, 6.07) is 1.27. The van der Waals surface area contributed by atoms with E-state index in [1.807, 2.05) is 0 Å². The Balaban J connectivity index is 1.79. The van der Waals surface area contributed by atoms with Gasteiger partial charge in [-0.05, 0) is 42.9 Å². The third kappa shape index (κ3) is 3.35. The second kappa shape index (κ2) is 6.59. The number of hydrogen-bond donors (Lipinski definition) is 0. The van der Waals surface area contributed by atoms with Crippen molar-refractivity contribution in [2.45, 2.75) is 50.9 Å². The van der Waals surface area contributed by atoms with E-state index in [-0.39, 0.29) is 35.3 Å². The van der Waals surface area contributed by atoms with Gasteiger partial charge in [0.05, 0.1) is 22.5 Å². The number of rotatable bonds is 1. The zero-order chi connectivity index (χ0) is 20.3. The van der Waals surface area contributed by atoms with Crippen molar-refractivity contribution < 1.29 is 31.1 Å². The van der Waals surface area contributed by atoms with Crippen LogP contribution in [-0.4, -0.2) is 11.5 Å². The molecule has 0 N–H and O–H groups in total. The fraction of sp³-hybridized carbons (Fsp3) is 0.600. The molecule has 4 rings (SSSR count). The van der Waals surface area contributed by atoms with Crippen LogP contribution in [0.5, 0.6) is 0 Å². The molecule has 1 aromatic rings. The van der Waals surface area contributed by atoms with Gasteiger partial charge in [-0.2, -0.15) is 26.3 Å². The van der Waals surface area contributed by atoms with E-state index in [0.717, 1.165) is 32.1 Å². The normalized spacial score (nSPS) is 31.9. The number of benzene rings is 1. The third-order valence-electron chi connectivity index (χ3n) is 6.42. The lowest BCUT2D eigenvalue weighted by Gasteiger charge is -2.39. The molecule has 0 aromatic heterocycles. The monoisotopic (exact) mass is 403 g/mol. The van der Waals surface area contributed by atoms with Crippen LogP contribution in [-0.2, 0) is 17.1 Å². The van der Waals surface area contributed by atoms with Crippen LogP contribution in [0.4, 0.5) is 32.0 Å². The van der Waals surface area contributed by atoms with Gasteiger partial charge in [-0.15, -0.1) is 0 Å². The minimum atomic E-state index is -4.93. The quantitative estimate of drug-likeness (QED) is 0.513. The molecule has 3 aliphatic carbocycles. The fourth-order valence-electron chi connectivity index (χ4n) is 5.33. The number of alkyl halides is 6. The van der Waals surface area contributed by atoms with Crippen molar-refractivity contribution in [1.82, 2.24) is 0 Å². The Bertz CT molecular complexity index is 791. The Morgan fingerprint density at radius 2 is 1.32 bits per heavy atom. The summed E-state index contributed by atoms with van der Waals surface area (Å²) in [5.41, 5.74) is -3.10. The molecule has 0 aliphatic heterocycles. The summed E-state index contributed by atoms with van der Waals surface area (Å²) in [5.74, 6) is 0.0201. The maximum Gasteiger partial charge on any atom is 0.416 e. The molecular weight excluding hydrogens is 384 g/mol. The van der Waals surface area contributed by atoms with Crippen molar-refractivity contribution in [1.29, 1.82) is 0 Å². The van der Waals surface area contributed by atoms with E-state index in [1.165, 1.54) is 0 Å². The van der Waals surface area contributed by atoms with Gasteiger partial charge in [0.1, 0.15) is 0 Å². The number of carbonyl (C=O) groups excluding carboxylic acids is 1. The van der Waals surface area contributed by atoms with Crippen molar-refractivity contribution in [3.05, 3.63) is 29.3 Å². The molecule has 3 fully saturated rings. The van der Waals surface area contributed by atoms with E-state index in [1.54, 1.807) is 0 Å². The van der Waals surface area contributed by atoms with E-state index < -0.39 is 29.2 Å². The van der Waals surface area contributed by atoms with Gasteiger partial charge in [-0.3, -0.25) is 4.79 Å². The Morgan fingerprint density at radius 1 is 0.786 bits per heavy atom. The minimum absolute atomic E-state index is 0.0799. The molecule has 4 atom stereocenters. The Labute approximate surface area is 158 Å². The molecule has 0 bridgehead atoms. The fourth-order valence-corrected chi connectivity index (χ4v) is 5.33. The third-order valence-corrected chi connectivity index (χ3v) is 6.42.